The van der Waals surface area contributed by atoms with E-state index in [0.29, 0.717) is 24.7 Å². The molecule has 2 rings (SSSR count). The van der Waals surface area contributed by atoms with Crippen molar-refractivity contribution in [2.45, 2.75) is 6.54 Å². The predicted octanol–water partition coefficient (Wildman–Crippen LogP) is 3.56. The van der Waals surface area contributed by atoms with Gasteiger partial charge in [0.2, 0.25) is 0 Å². The number of urea groups is 1. The average Bonchev–Trinajstić information content (AvgIpc) is 2.54. The molecular formula is C17H19ClN2O2. The van der Waals surface area contributed by atoms with E-state index in [0.717, 1.165) is 11.3 Å². The molecule has 0 fully saturated rings. The molecular weight excluding hydrogens is 300 g/mol. The molecule has 0 aromatic heterocycles. The number of halogens is 1. The van der Waals surface area contributed by atoms with Gasteiger partial charge in [-0.2, -0.15) is 0 Å². The molecule has 2 amide bonds. The van der Waals surface area contributed by atoms with Gasteiger partial charge >= 0.3 is 6.03 Å². The Morgan fingerprint density at radius 2 is 1.82 bits per heavy atom. The molecule has 0 aliphatic carbocycles. The summed E-state index contributed by atoms with van der Waals surface area (Å²) in [4.78, 5) is 13.6. The summed E-state index contributed by atoms with van der Waals surface area (Å²) >= 11 is 6.09. The van der Waals surface area contributed by atoms with Gasteiger partial charge < -0.3 is 15.0 Å². The van der Waals surface area contributed by atoms with E-state index < -0.39 is 0 Å². The lowest BCUT2D eigenvalue weighted by Crippen LogP contribution is -2.38. The highest BCUT2D eigenvalue weighted by Crippen LogP contribution is 2.16. The number of hydrogen-bond donors (Lipinski definition) is 1. The predicted molar refractivity (Wildman–Crippen MR) is 88.3 cm³/mol. The van der Waals surface area contributed by atoms with Crippen LogP contribution in [0, 0.1) is 0 Å². The zero-order valence-electron chi connectivity index (χ0n) is 12.5. The van der Waals surface area contributed by atoms with Gasteiger partial charge in [-0.1, -0.05) is 48.0 Å². The summed E-state index contributed by atoms with van der Waals surface area (Å²) in [5, 5.41) is 3.47. The van der Waals surface area contributed by atoms with Crippen molar-refractivity contribution in [2.75, 3.05) is 20.2 Å². The largest absolute Gasteiger partial charge is 0.492 e. The molecule has 2 aromatic rings. The minimum Gasteiger partial charge on any atom is -0.492 e. The molecule has 116 valence electrons. The Balaban J connectivity index is 1.71. The highest BCUT2D eigenvalue weighted by atomic mass is 35.5. The molecule has 0 unspecified atom stereocenters. The minimum atomic E-state index is -0.156. The number of para-hydroxylation sites is 1. The zero-order valence-corrected chi connectivity index (χ0v) is 13.2. The summed E-state index contributed by atoms with van der Waals surface area (Å²) in [6.45, 7) is 1.33. The number of benzene rings is 2. The van der Waals surface area contributed by atoms with Crippen molar-refractivity contribution < 1.29 is 9.53 Å². The number of hydrogen-bond acceptors (Lipinski definition) is 2. The lowest BCUT2D eigenvalue weighted by Gasteiger charge is -2.18. The SMILES string of the molecule is CN(Cc1ccccc1Cl)C(=O)NCCOc1ccccc1. The van der Waals surface area contributed by atoms with E-state index in [1.165, 1.54) is 0 Å². The Bertz CT molecular complexity index is 605. The van der Waals surface area contributed by atoms with E-state index in [2.05, 4.69) is 5.32 Å². The van der Waals surface area contributed by atoms with Gasteiger partial charge in [-0.15, -0.1) is 0 Å². The van der Waals surface area contributed by atoms with Gasteiger partial charge in [0.15, 0.2) is 0 Å². The molecule has 0 saturated heterocycles. The van der Waals surface area contributed by atoms with Crippen molar-refractivity contribution in [3.05, 3.63) is 65.2 Å². The third-order valence-corrected chi connectivity index (χ3v) is 3.47. The first-order valence-corrected chi connectivity index (χ1v) is 7.45. The van der Waals surface area contributed by atoms with Crippen LogP contribution in [0.25, 0.3) is 0 Å². The van der Waals surface area contributed by atoms with Gasteiger partial charge in [0.1, 0.15) is 12.4 Å². The van der Waals surface area contributed by atoms with Crippen LogP contribution in [-0.4, -0.2) is 31.1 Å². The molecule has 22 heavy (non-hydrogen) atoms. The molecule has 0 spiro atoms. The zero-order chi connectivity index (χ0) is 15.8. The van der Waals surface area contributed by atoms with Crippen molar-refractivity contribution in [1.29, 1.82) is 0 Å². The highest BCUT2D eigenvalue weighted by molar-refractivity contribution is 6.31. The topological polar surface area (TPSA) is 41.6 Å². The second-order valence-corrected chi connectivity index (χ2v) is 5.25. The summed E-state index contributed by atoms with van der Waals surface area (Å²) in [6, 6.07) is 16.8. The van der Waals surface area contributed by atoms with E-state index in [1.54, 1.807) is 11.9 Å². The van der Waals surface area contributed by atoms with Gasteiger partial charge in [-0.3, -0.25) is 0 Å². The first-order valence-electron chi connectivity index (χ1n) is 7.07. The molecule has 0 bridgehead atoms. The highest BCUT2D eigenvalue weighted by Gasteiger charge is 2.10. The Morgan fingerprint density at radius 3 is 2.55 bits per heavy atom. The van der Waals surface area contributed by atoms with Gasteiger partial charge in [0.05, 0.1) is 6.54 Å². The molecule has 0 heterocycles. The third-order valence-electron chi connectivity index (χ3n) is 3.10. The van der Waals surface area contributed by atoms with Gasteiger partial charge in [-0.25, -0.2) is 4.79 Å². The van der Waals surface area contributed by atoms with Crippen molar-refractivity contribution in [3.8, 4) is 5.75 Å². The fourth-order valence-electron chi connectivity index (χ4n) is 1.93. The summed E-state index contributed by atoms with van der Waals surface area (Å²) in [7, 11) is 1.73. The smallest absolute Gasteiger partial charge is 0.317 e. The maximum absolute atomic E-state index is 12.0. The Kier molecular flexibility index (Phi) is 6.10. The number of carbonyl (C=O) groups is 1. The van der Waals surface area contributed by atoms with Crippen molar-refractivity contribution in [1.82, 2.24) is 10.2 Å². The standard InChI is InChI=1S/C17H19ClN2O2/c1-20(13-14-7-5-6-10-16(14)18)17(21)19-11-12-22-15-8-3-2-4-9-15/h2-10H,11-13H2,1H3,(H,19,21). The number of nitrogens with one attached hydrogen (secondary N) is 1. The van der Waals surface area contributed by atoms with Crippen LogP contribution in [0.4, 0.5) is 4.79 Å². The molecule has 2 aromatic carbocycles. The number of rotatable bonds is 6. The van der Waals surface area contributed by atoms with Crippen LogP contribution in [0.3, 0.4) is 0 Å². The fraction of sp³-hybridized carbons (Fsp3) is 0.235. The van der Waals surface area contributed by atoms with Crippen LogP contribution in [0.1, 0.15) is 5.56 Å². The fourth-order valence-corrected chi connectivity index (χ4v) is 2.13. The van der Waals surface area contributed by atoms with Crippen LogP contribution in [0.5, 0.6) is 5.75 Å². The van der Waals surface area contributed by atoms with E-state index in [-0.39, 0.29) is 6.03 Å². The Labute approximate surface area is 135 Å². The minimum absolute atomic E-state index is 0.156. The Morgan fingerprint density at radius 1 is 1.14 bits per heavy atom. The van der Waals surface area contributed by atoms with Gasteiger partial charge in [0.25, 0.3) is 0 Å². The number of carbonyl (C=O) groups excluding carboxylic acids is 1. The molecule has 0 radical (unpaired) electrons. The van der Waals surface area contributed by atoms with E-state index in [4.69, 9.17) is 16.3 Å². The molecule has 0 aliphatic rings. The van der Waals surface area contributed by atoms with Crippen LogP contribution in [0.2, 0.25) is 5.02 Å². The molecule has 5 heteroatoms. The summed E-state index contributed by atoms with van der Waals surface area (Å²) in [5.41, 5.74) is 0.919. The molecule has 4 nitrogen and oxygen atoms in total. The van der Waals surface area contributed by atoms with Crippen LogP contribution < -0.4 is 10.1 Å². The maximum Gasteiger partial charge on any atom is 0.317 e. The van der Waals surface area contributed by atoms with Crippen LogP contribution in [-0.2, 0) is 6.54 Å². The Hall–Kier alpha value is -2.20. The molecule has 0 saturated carbocycles. The van der Waals surface area contributed by atoms with E-state index in [1.807, 2.05) is 54.6 Å². The lowest BCUT2D eigenvalue weighted by molar-refractivity contribution is 0.203. The first-order chi connectivity index (χ1) is 10.7. The summed E-state index contributed by atoms with van der Waals surface area (Å²) < 4.78 is 5.52. The lowest BCUT2D eigenvalue weighted by atomic mass is 10.2. The maximum atomic E-state index is 12.0. The summed E-state index contributed by atoms with van der Waals surface area (Å²) in [5.74, 6) is 0.793. The molecule has 1 N–H and O–H groups in total. The average molecular weight is 319 g/mol. The van der Waals surface area contributed by atoms with Gasteiger partial charge in [-0.05, 0) is 23.8 Å². The third kappa shape index (κ3) is 4.97. The van der Waals surface area contributed by atoms with Crippen LogP contribution in [0.15, 0.2) is 54.6 Å². The summed E-state index contributed by atoms with van der Waals surface area (Å²) in [6.07, 6.45) is 0. The molecule has 0 aliphatic heterocycles. The number of nitrogens with zero attached hydrogens (tertiary/aromatic N) is 1. The monoisotopic (exact) mass is 318 g/mol. The van der Waals surface area contributed by atoms with Crippen molar-refractivity contribution in [3.63, 3.8) is 0 Å². The second kappa shape index (κ2) is 8.29. The van der Waals surface area contributed by atoms with E-state index in [9.17, 15) is 4.79 Å². The normalized spacial score (nSPS) is 10.1. The quantitative estimate of drug-likeness (QED) is 0.827. The van der Waals surface area contributed by atoms with E-state index >= 15 is 0 Å². The second-order valence-electron chi connectivity index (χ2n) is 4.84. The number of ether oxygens (including phenoxy) is 1. The first kappa shape index (κ1) is 16.2. The van der Waals surface area contributed by atoms with Crippen molar-refractivity contribution >= 4 is 17.6 Å². The van der Waals surface area contributed by atoms with Crippen LogP contribution >= 0.6 is 11.6 Å². The number of amides is 2. The molecule has 0 atom stereocenters. The van der Waals surface area contributed by atoms with Crippen molar-refractivity contribution in [2.24, 2.45) is 0 Å². The van der Waals surface area contributed by atoms with Gasteiger partial charge in [0, 0.05) is 18.6 Å².